The molecular formula is C14H8ClFN4. The zero-order valence-electron chi connectivity index (χ0n) is 10.1. The van der Waals surface area contributed by atoms with Gasteiger partial charge in [-0.3, -0.25) is 4.57 Å². The van der Waals surface area contributed by atoms with Crippen LogP contribution in [0.2, 0.25) is 5.02 Å². The quantitative estimate of drug-likeness (QED) is 0.746. The van der Waals surface area contributed by atoms with E-state index >= 15 is 0 Å². The van der Waals surface area contributed by atoms with Gasteiger partial charge in [0, 0.05) is 6.07 Å². The van der Waals surface area contributed by atoms with Crippen LogP contribution in [0.4, 0.5) is 10.3 Å². The molecule has 0 unspecified atom stereocenters. The molecule has 0 aliphatic heterocycles. The van der Waals surface area contributed by atoms with Gasteiger partial charge in [0.2, 0.25) is 5.95 Å². The number of rotatable bonds is 1. The van der Waals surface area contributed by atoms with Crippen LogP contribution in [0, 0.1) is 17.1 Å². The molecule has 1 aromatic heterocycles. The Morgan fingerprint density at radius 1 is 1.25 bits per heavy atom. The second kappa shape index (κ2) is 4.51. The van der Waals surface area contributed by atoms with Crippen LogP contribution in [-0.4, -0.2) is 9.55 Å². The fraction of sp³-hybridized carbons (Fsp3) is 0. The first-order valence-electron chi connectivity index (χ1n) is 5.73. The standard InChI is InChI=1S/C14H8ClFN4/c15-10-3-1-8(7-17)5-12(10)20-13-6-9(16)2-4-11(13)19-14(20)18/h1-6H,(H2,18,19). The number of hydrogen-bond acceptors (Lipinski definition) is 3. The fourth-order valence-corrected chi connectivity index (χ4v) is 2.28. The lowest BCUT2D eigenvalue weighted by molar-refractivity contribution is 0.629. The lowest BCUT2D eigenvalue weighted by Gasteiger charge is -2.09. The Bertz CT molecular complexity index is 863. The minimum atomic E-state index is -0.397. The molecule has 2 N–H and O–H groups in total. The molecule has 1 heterocycles. The Hall–Kier alpha value is -2.58. The summed E-state index contributed by atoms with van der Waals surface area (Å²) in [5, 5.41) is 9.37. The average molecular weight is 287 g/mol. The number of fused-ring (bicyclic) bond motifs is 1. The van der Waals surface area contributed by atoms with Crippen molar-refractivity contribution in [3.05, 3.63) is 52.8 Å². The van der Waals surface area contributed by atoms with Crippen molar-refractivity contribution in [2.75, 3.05) is 5.73 Å². The molecule has 0 aliphatic rings. The predicted octanol–water partition coefficient (Wildman–Crippen LogP) is 3.27. The van der Waals surface area contributed by atoms with E-state index in [0.29, 0.717) is 27.3 Å². The van der Waals surface area contributed by atoms with Crippen LogP contribution in [0.5, 0.6) is 0 Å². The summed E-state index contributed by atoms with van der Waals surface area (Å²) in [4.78, 5) is 4.16. The zero-order valence-corrected chi connectivity index (χ0v) is 10.9. The van der Waals surface area contributed by atoms with Gasteiger partial charge in [0.05, 0.1) is 33.4 Å². The molecule has 6 heteroatoms. The number of aromatic nitrogens is 2. The largest absolute Gasteiger partial charge is 0.369 e. The Balaban J connectivity index is 2.37. The monoisotopic (exact) mass is 286 g/mol. The second-order valence-corrected chi connectivity index (χ2v) is 4.62. The minimum absolute atomic E-state index is 0.183. The Morgan fingerprint density at radius 2 is 2.05 bits per heavy atom. The first kappa shape index (κ1) is 12.5. The van der Waals surface area contributed by atoms with Crippen LogP contribution < -0.4 is 5.73 Å². The summed E-state index contributed by atoms with van der Waals surface area (Å²) in [6, 6.07) is 11.0. The molecule has 2 aromatic carbocycles. The van der Waals surface area contributed by atoms with Crippen LogP contribution >= 0.6 is 11.6 Å². The van der Waals surface area contributed by atoms with Gasteiger partial charge in [0.1, 0.15) is 5.82 Å². The zero-order chi connectivity index (χ0) is 14.3. The van der Waals surface area contributed by atoms with Crippen LogP contribution in [0.25, 0.3) is 16.7 Å². The normalized spacial score (nSPS) is 10.7. The van der Waals surface area contributed by atoms with Crippen LogP contribution in [0.3, 0.4) is 0 Å². The van der Waals surface area contributed by atoms with Gasteiger partial charge in [-0.15, -0.1) is 0 Å². The van der Waals surface area contributed by atoms with Gasteiger partial charge in [-0.25, -0.2) is 9.37 Å². The summed E-state index contributed by atoms with van der Waals surface area (Å²) in [5.74, 6) is -0.214. The van der Waals surface area contributed by atoms with Crippen molar-refractivity contribution in [1.29, 1.82) is 5.26 Å². The van der Waals surface area contributed by atoms with E-state index in [1.54, 1.807) is 24.3 Å². The van der Waals surface area contributed by atoms with Crippen molar-refractivity contribution in [3.8, 4) is 11.8 Å². The highest BCUT2D eigenvalue weighted by atomic mass is 35.5. The number of hydrogen-bond donors (Lipinski definition) is 1. The van der Waals surface area contributed by atoms with Crippen molar-refractivity contribution in [1.82, 2.24) is 9.55 Å². The lowest BCUT2D eigenvalue weighted by atomic mass is 10.2. The highest BCUT2D eigenvalue weighted by molar-refractivity contribution is 6.32. The van der Waals surface area contributed by atoms with Gasteiger partial charge in [-0.2, -0.15) is 5.26 Å². The molecule has 0 fully saturated rings. The van der Waals surface area contributed by atoms with E-state index in [1.165, 1.54) is 16.7 Å². The van der Waals surface area contributed by atoms with E-state index in [0.717, 1.165) is 0 Å². The van der Waals surface area contributed by atoms with Crippen LogP contribution in [-0.2, 0) is 0 Å². The van der Waals surface area contributed by atoms with E-state index in [9.17, 15) is 4.39 Å². The smallest absolute Gasteiger partial charge is 0.205 e. The number of benzene rings is 2. The second-order valence-electron chi connectivity index (χ2n) is 4.22. The van der Waals surface area contributed by atoms with Gasteiger partial charge >= 0.3 is 0 Å². The Labute approximate surface area is 118 Å². The molecule has 3 aromatic rings. The number of imidazole rings is 1. The number of nitrogens with two attached hydrogens (primary N) is 1. The molecule has 0 saturated heterocycles. The number of nitriles is 1. The molecule has 0 saturated carbocycles. The molecule has 0 atom stereocenters. The van der Waals surface area contributed by atoms with Gasteiger partial charge < -0.3 is 5.73 Å². The predicted molar refractivity (Wildman–Crippen MR) is 75.2 cm³/mol. The SMILES string of the molecule is N#Cc1ccc(Cl)c(-n2c(N)nc3ccc(F)cc32)c1. The summed E-state index contributed by atoms with van der Waals surface area (Å²) in [7, 11) is 0. The van der Waals surface area contributed by atoms with Crippen molar-refractivity contribution in [3.63, 3.8) is 0 Å². The van der Waals surface area contributed by atoms with E-state index in [2.05, 4.69) is 4.98 Å². The van der Waals surface area contributed by atoms with Gasteiger partial charge in [0.25, 0.3) is 0 Å². The molecule has 98 valence electrons. The molecule has 0 bridgehead atoms. The van der Waals surface area contributed by atoms with E-state index in [-0.39, 0.29) is 5.95 Å². The van der Waals surface area contributed by atoms with E-state index < -0.39 is 5.82 Å². The molecule has 4 nitrogen and oxygen atoms in total. The average Bonchev–Trinajstić information content (AvgIpc) is 2.75. The molecule has 0 amide bonds. The summed E-state index contributed by atoms with van der Waals surface area (Å²) in [6.45, 7) is 0. The molecule has 0 spiro atoms. The Kier molecular flexibility index (Phi) is 2.81. The Morgan fingerprint density at radius 3 is 2.80 bits per heavy atom. The number of anilines is 1. The van der Waals surface area contributed by atoms with E-state index in [1.807, 2.05) is 6.07 Å². The van der Waals surface area contributed by atoms with Crippen LogP contribution in [0.15, 0.2) is 36.4 Å². The highest BCUT2D eigenvalue weighted by Gasteiger charge is 2.14. The van der Waals surface area contributed by atoms with Gasteiger partial charge in [0.15, 0.2) is 0 Å². The van der Waals surface area contributed by atoms with Crippen molar-refractivity contribution in [2.45, 2.75) is 0 Å². The first-order chi connectivity index (χ1) is 9.60. The summed E-state index contributed by atoms with van der Waals surface area (Å²) >= 11 is 6.15. The highest BCUT2D eigenvalue weighted by Crippen LogP contribution is 2.29. The molecule has 0 radical (unpaired) electrons. The first-order valence-corrected chi connectivity index (χ1v) is 6.11. The summed E-state index contributed by atoms with van der Waals surface area (Å²) in [5.41, 5.74) is 7.87. The maximum absolute atomic E-state index is 13.4. The van der Waals surface area contributed by atoms with Crippen molar-refractivity contribution in [2.24, 2.45) is 0 Å². The third kappa shape index (κ3) is 1.87. The lowest BCUT2D eigenvalue weighted by Crippen LogP contribution is -2.02. The third-order valence-corrected chi connectivity index (χ3v) is 3.28. The number of nitrogen functional groups attached to an aromatic ring is 1. The van der Waals surface area contributed by atoms with Gasteiger partial charge in [-0.1, -0.05) is 11.6 Å². The van der Waals surface area contributed by atoms with E-state index in [4.69, 9.17) is 22.6 Å². The summed E-state index contributed by atoms with van der Waals surface area (Å²) < 4.78 is 14.9. The summed E-state index contributed by atoms with van der Waals surface area (Å²) in [6.07, 6.45) is 0. The van der Waals surface area contributed by atoms with Crippen molar-refractivity contribution >= 4 is 28.6 Å². The molecule has 20 heavy (non-hydrogen) atoms. The fourth-order valence-electron chi connectivity index (χ4n) is 2.07. The maximum Gasteiger partial charge on any atom is 0.205 e. The minimum Gasteiger partial charge on any atom is -0.369 e. The number of nitrogens with zero attached hydrogens (tertiary/aromatic N) is 3. The maximum atomic E-state index is 13.4. The molecule has 0 aliphatic carbocycles. The number of halogens is 2. The molecular weight excluding hydrogens is 279 g/mol. The molecule has 3 rings (SSSR count). The van der Waals surface area contributed by atoms with Crippen molar-refractivity contribution < 1.29 is 4.39 Å². The third-order valence-electron chi connectivity index (χ3n) is 2.96. The van der Waals surface area contributed by atoms with Gasteiger partial charge in [-0.05, 0) is 30.3 Å². The topological polar surface area (TPSA) is 67.6 Å². The van der Waals surface area contributed by atoms with Crippen LogP contribution in [0.1, 0.15) is 5.56 Å².